The summed E-state index contributed by atoms with van der Waals surface area (Å²) in [5.74, 6) is -1.09. The van der Waals surface area contributed by atoms with Crippen molar-refractivity contribution in [3.05, 3.63) is 12.4 Å². The van der Waals surface area contributed by atoms with Crippen molar-refractivity contribution in [1.29, 1.82) is 0 Å². The topological polar surface area (TPSA) is 102 Å². The Morgan fingerprint density at radius 2 is 2.00 bits per heavy atom. The smallest absolute Gasteiger partial charge is 0.322 e. The molecule has 1 atom stereocenters. The Balaban J connectivity index is 1.84. The second-order valence-electron chi connectivity index (χ2n) is 5.97. The molecule has 3 rings (SSSR count). The first-order valence-electron chi connectivity index (χ1n) is 7.86. The largest absolute Gasteiger partial charge is 0.480 e. The minimum Gasteiger partial charge on any atom is -0.480 e. The third kappa shape index (κ3) is 3.26. The van der Waals surface area contributed by atoms with Gasteiger partial charge in [0.05, 0.1) is 12.2 Å². The molecule has 0 aliphatic carbocycles. The summed E-state index contributed by atoms with van der Waals surface area (Å²) < 4.78 is 33.6. The Morgan fingerprint density at radius 3 is 2.70 bits per heavy atom. The fourth-order valence-corrected chi connectivity index (χ4v) is 4.77. The van der Waals surface area contributed by atoms with Crippen molar-refractivity contribution >= 4 is 16.0 Å². The van der Waals surface area contributed by atoms with Gasteiger partial charge in [-0.2, -0.15) is 9.40 Å². The summed E-state index contributed by atoms with van der Waals surface area (Å²) >= 11 is 0. The van der Waals surface area contributed by atoms with E-state index in [4.69, 9.17) is 4.74 Å². The maximum atomic E-state index is 12.8. The molecule has 0 saturated carbocycles. The third-order valence-electron chi connectivity index (χ3n) is 4.49. The van der Waals surface area contributed by atoms with Crippen molar-refractivity contribution in [2.24, 2.45) is 0 Å². The molecular weight excluding hydrogens is 322 g/mol. The summed E-state index contributed by atoms with van der Waals surface area (Å²) in [5.41, 5.74) is 0. The monoisotopic (exact) mass is 343 g/mol. The number of carboxylic acid groups (broad SMARTS) is 1. The maximum Gasteiger partial charge on any atom is 0.322 e. The van der Waals surface area contributed by atoms with E-state index < -0.39 is 22.0 Å². The zero-order valence-electron chi connectivity index (χ0n) is 12.8. The summed E-state index contributed by atoms with van der Waals surface area (Å²) in [4.78, 5) is 11.4. The Kier molecular flexibility index (Phi) is 4.69. The summed E-state index contributed by atoms with van der Waals surface area (Å²) in [6.07, 6.45) is 6.17. The van der Waals surface area contributed by atoms with Crippen LogP contribution in [0.1, 0.15) is 38.1 Å². The number of sulfonamides is 1. The molecule has 0 radical (unpaired) electrons. The standard InChI is InChI=1S/C14H21N3O5S/c18-14(19)13-3-1-2-6-17(13)23(20,21)12-9-15-16(10-12)11-4-7-22-8-5-11/h9-11,13H,1-8H2,(H,18,19). The van der Waals surface area contributed by atoms with E-state index in [2.05, 4.69) is 5.10 Å². The van der Waals surface area contributed by atoms with Crippen LogP contribution >= 0.6 is 0 Å². The van der Waals surface area contributed by atoms with Gasteiger partial charge in [0.1, 0.15) is 10.9 Å². The van der Waals surface area contributed by atoms with Crippen LogP contribution in [0, 0.1) is 0 Å². The minimum absolute atomic E-state index is 0.0668. The second-order valence-corrected chi connectivity index (χ2v) is 7.86. The van der Waals surface area contributed by atoms with E-state index in [9.17, 15) is 18.3 Å². The zero-order valence-corrected chi connectivity index (χ0v) is 13.6. The number of hydrogen-bond acceptors (Lipinski definition) is 5. The highest BCUT2D eigenvalue weighted by Crippen LogP contribution is 2.27. The van der Waals surface area contributed by atoms with E-state index in [0.29, 0.717) is 26.1 Å². The number of aliphatic carboxylic acids is 1. The van der Waals surface area contributed by atoms with Crippen LogP contribution in [0.4, 0.5) is 0 Å². The lowest BCUT2D eigenvalue weighted by molar-refractivity contribution is -0.142. The second kappa shape index (κ2) is 6.58. The molecule has 8 nitrogen and oxygen atoms in total. The molecule has 2 aliphatic rings. The molecule has 0 aromatic carbocycles. The zero-order chi connectivity index (χ0) is 16.4. The third-order valence-corrected chi connectivity index (χ3v) is 6.35. The number of hydrogen-bond donors (Lipinski definition) is 1. The van der Waals surface area contributed by atoms with E-state index in [0.717, 1.165) is 23.6 Å². The van der Waals surface area contributed by atoms with Crippen LogP contribution in [0.5, 0.6) is 0 Å². The number of nitrogens with zero attached hydrogens (tertiary/aromatic N) is 3. The molecule has 3 heterocycles. The molecule has 0 spiro atoms. The lowest BCUT2D eigenvalue weighted by atomic mass is 10.1. The number of ether oxygens (including phenoxy) is 1. The molecule has 2 fully saturated rings. The molecule has 9 heteroatoms. The molecule has 1 unspecified atom stereocenters. The van der Waals surface area contributed by atoms with Gasteiger partial charge >= 0.3 is 5.97 Å². The predicted molar refractivity (Wildman–Crippen MR) is 80.5 cm³/mol. The highest BCUT2D eigenvalue weighted by molar-refractivity contribution is 7.89. The van der Waals surface area contributed by atoms with Gasteiger partial charge in [-0.05, 0) is 32.1 Å². The molecule has 128 valence electrons. The Morgan fingerprint density at radius 1 is 1.26 bits per heavy atom. The van der Waals surface area contributed by atoms with Gasteiger partial charge in [0.15, 0.2) is 0 Å². The van der Waals surface area contributed by atoms with Gasteiger partial charge in [0.2, 0.25) is 10.0 Å². The molecular formula is C14H21N3O5S. The number of rotatable bonds is 4. The van der Waals surface area contributed by atoms with Crippen molar-refractivity contribution in [3.8, 4) is 0 Å². The van der Waals surface area contributed by atoms with Crippen LogP contribution in [-0.4, -0.2) is 59.4 Å². The molecule has 0 amide bonds. The Labute approximate surface area is 135 Å². The fraction of sp³-hybridized carbons (Fsp3) is 0.714. The first kappa shape index (κ1) is 16.4. The minimum atomic E-state index is -3.84. The van der Waals surface area contributed by atoms with Gasteiger partial charge in [0.25, 0.3) is 0 Å². The summed E-state index contributed by atoms with van der Waals surface area (Å²) in [6, 6.07) is -0.857. The van der Waals surface area contributed by atoms with E-state index >= 15 is 0 Å². The number of aromatic nitrogens is 2. The van der Waals surface area contributed by atoms with E-state index in [1.165, 1.54) is 12.4 Å². The van der Waals surface area contributed by atoms with Gasteiger partial charge in [-0.25, -0.2) is 8.42 Å². The first-order valence-corrected chi connectivity index (χ1v) is 9.30. The maximum absolute atomic E-state index is 12.8. The van der Waals surface area contributed by atoms with Crippen molar-refractivity contribution in [2.45, 2.75) is 49.1 Å². The first-order chi connectivity index (χ1) is 11.0. The van der Waals surface area contributed by atoms with Crippen LogP contribution in [0.2, 0.25) is 0 Å². The predicted octanol–water partition coefficient (Wildman–Crippen LogP) is 0.862. The highest BCUT2D eigenvalue weighted by atomic mass is 32.2. The Bertz CT molecular complexity index is 666. The van der Waals surface area contributed by atoms with Crippen LogP contribution in [0.25, 0.3) is 0 Å². The average molecular weight is 343 g/mol. The molecule has 1 N–H and O–H groups in total. The average Bonchev–Trinajstić information content (AvgIpc) is 3.06. The number of piperidine rings is 1. The van der Waals surface area contributed by atoms with E-state index in [1.807, 2.05) is 0 Å². The van der Waals surface area contributed by atoms with Crippen LogP contribution in [0.15, 0.2) is 17.3 Å². The fourth-order valence-electron chi connectivity index (χ4n) is 3.18. The molecule has 23 heavy (non-hydrogen) atoms. The van der Waals surface area contributed by atoms with Crippen molar-refractivity contribution in [1.82, 2.24) is 14.1 Å². The van der Waals surface area contributed by atoms with Crippen molar-refractivity contribution < 1.29 is 23.1 Å². The molecule has 1 aromatic rings. The summed E-state index contributed by atoms with van der Waals surface area (Å²) in [5, 5.41) is 13.5. The van der Waals surface area contributed by atoms with Crippen molar-refractivity contribution in [2.75, 3.05) is 19.8 Å². The molecule has 2 saturated heterocycles. The van der Waals surface area contributed by atoms with Crippen molar-refractivity contribution in [3.63, 3.8) is 0 Å². The Hall–Kier alpha value is -1.45. The van der Waals surface area contributed by atoms with Crippen LogP contribution in [-0.2, 0) is 19.6 Å². The number of carboxylic acids is 1. The summed E-state index contributed by atoms with van der Waals surface area (Å²) in [7, 11) is -3.84. The summed E-state index contributed by atoms with van der Waals surface area (Å²) in [6.45, 7) is 1.52. The van der Waals surface area contributed by atoms with Crippen LogP contribution in [0.3, 0.4) is 0 Å². The highest BCUT2D eigenvalue weighted by Gasteiger charge is 2.38. The quantitative estimate of drug-likeness (QED) is 0.870. The van der Waals surface area contributed by atoms with Gasteiger partial charge in [-0.3, -0.25) is 9.48 Å². The van der Waals surface area contributed by atoms with Gasteiger partial charge in [-0.15, -0.1) is 0 Å². The van der Waals surface area contributed by atoms with Gasteiger partial charge in [-0.1, -0.05) is 0 Å². The SMILES string of the molecule is O=C(O)C1CCCCN1S(=O)(=O)c1cnn(C2CCOCC2)c1. The molecule has 0 bridgehead atoms. The van der Waals surface area contributed by atoms with Gasteiger partial charge < -0.3 is 9.84 Å². The molecule has 1 aromatic heterocycles. The van der Waals surface area contributed by atoms with Crippen LogP contribution < -0.4 is 0 Å². The number of carbonyl (C=O) groups is 1. The lowest BCUT2D eigenvalue weighted by Gasteiger charge is -2.31. The van der Waals surface area contributed by atoms with Gasteiger partial charge in [0, 0.05) is 26.0 Å². The molecule has 2 aliphatic heterocycles. The lowest BCUT2D eigenvalue weighted by Crippen LogP contribution is -2.47. The normalized spacial score (nSPS) is 24.6. The van der Waals surface area contributed by atoms with E-state index in [-0.39, 0.29) is 17.5 Å². The van der Waals surface area contributed by atoms with E-state index in [1.54, 1.807) is 4.68 Å².